The first-order valence-electron chi connectivity index (χ1n) is 18.9. The number of hydrogen-bond donors (Lipinski definition) is 0. The molecule has 0 radical (unpaired) electrons. The van der Waals surface area contributed by atoms with Crippen molar-refractivity contribution in [3.8, 4) is 11.1 Å². The summed E-state index contributed by atoms with van der Waals surface area (Å²) in [6.45, 7) is 22.7. The van der Waals surface area contributed by atoms with E-state index in [1.54, 1.807) is 0 Å². The molecule has 0 saturated heterocycles. The van der Waals surface area contributed by atoms with E-state index in [9.17, 15) is 0 Å². The summed E-state index contributed by atoms with van der Waals surface area (Å²) in [5, 5.41) is 0. The molecule has 4 aromatic carbocycles. The van der Waals surface area contributed by atoms with Gasteiger partial charge < -0.3 is 0 Å². The van der Waals surface area contributed by atoms with Crippen LogP contribution >= 0.6 is 24.8 Å². The van der Waals surface area contributed by atoms with Crippen LogP contribution in [0.3, 0.4) is 0 Å². The molecule has 0 fully saturated rings. The molecular formula is C49H62Cl2Zr. The molecule has 0 N–H and O–H groups in total. The van der Waals surface area contributed by atoms with Crippen LogP contribution in [0.15, 0.2) is 85.0 Å². The van der Waals surface area contributed by atoms with Gasteiger partial charge in [0, 0.05) is 0 Å². The topological polar surface area (TPSA) is 0 Å². The summed E-state index contributed by atoms with van der Waals surface area (Å²) in [7, 11) is 0. The van der Waals surface area contributed by atoms with E-state index in [0.717, 1.165) is 12.8 Å². The predicted molar refractivity (Wildman–Crippen MR) is 230 cm³/mol. The van der Waals surface area contributed by atoms with Gasteiger partial charge in [0.1, 0.15) is 0 Å². The van der Waals surface area contributed by atoms with Crippen LogP contribution in [0.4, 0.5) is 0 Å². The van der Waals surface area contributed by atoms with Crippen LogP contribution in [0.2, 0.25) is 0 Å². The molecule has 0 heterocycles. The van der Waals surface area contributed by atoms with E-state index in [1.165, 1.54) is 133 Å². The van der Waals surface area contributed by atoms with Crippen molar-refractivity contribution < 1.29 is 24.2 Å². The zero-order valence-corrected chi connectivity index (χ0v) is 37.6. The zero-order valence-electron chi connectivity index (χ0n) is 33.6. The Balaban J connectivity index is 0.000000307. The van der Waals surface area contributed by atoms with E-state index in [1.807, 2.05) is 12.2 Å². The summed E-state index contributed by atoms with van der Waals surface area (Å²) in [6, 6.07) is 29.3. The van der Waals surface area contributed by atoms with E-state index in [0.29, 0.717) is 0 Å². The number of allylic oxidation sites excluding steroid dienone is 4. The van der Waals surface area contributed by atoms with Gasteiger partial charge in [0.25, 0.3) is 0 Å². The normalized spacial score (nSPS) is 12.4. The van der Waals surface area contributed by atoms with Crippen LogP contribution in [-0.4, -0.2) is 3.21 Å². The van der Waals surface area contributed by atoms with E-state index in [4.69, 9.17) is 0 Å². The van der Waals surface area contributed by atoms with Gasteiger partial charge in [-0.2, -0.15) is 23.8 Å². The van der Waals surface area contributed by atoms with Gasteiger partial charge in [-0.05, 0) is 35.4 Å². The van der Waals surface area contributed by atoms with Crippen molar-refractivity contribution in [1.82, 2.24) is 0 Å². The van der Waals surface area contributed by atoms with Crippen LogP contribution in [0.25, 0.3) is 11.1 Å². The van der Waals surface area contributed by atoms with Gasteiger partial charge in [-0.15, -0.1) is 47.9 Å². The number of unbranched alkanes of at least 4 members (excludes halogenated alkanes) is 2. The average molecular weight is 813 g/mol. The van der Waals surface area contributed by atoms with Crippen molar-refractivity contribution in [3.63, 3.8) is 0 Å². The smallest absolute Gasteiger partial charge is 0.0129 e. The third-order valence-electron chi connectivity index (χ3n) is 9.79. The van der Waals surface area contributed by atoms with Crippen molar-refractivity contribution in [2.24, 2.45) is 0 Å². The van der Waals surface area contributed by atoms with Crippen LogP contribution < -0.4 is 0 Å². The number of hydrogen-bond acceptors (Lipinski definition) is 0. The molecule has 0 saturated carbocycles. The number of fused-ring (bicyclic) bond motifs is 3. The van der Waals surface area contributed by atoms with E-state index < -0.39 is 0 Å². The summed E-state index contributed by atoms with van der Waals surface area (Å²) in [5.74, 6) is 0. The molecule has 0 spiro atoms. The van der Waals surface area contributed by atoms with Crippen molar-refractivity contribution in [2.75, 3.05) is 0 Å². The molecule has 0 aliphatic heterocycles. The Morgan fingerprint density at radius 2 is 1.19 bits per heavy atom. The number of benzene rings is 4. The minimum Gasteiger partial charge on any atom is -0.273 e. The molecule has 6 rings (SSSR count). The van der Waals surface area contributed by atoms with Crippen molar-refractivity contribution in [2.45, 2.75) is 131 Å². The predicted octanol–water partition coefficient (Wildman–Crippen LogP) is 13.9. The van der Waals surface area contributed by atoms with Gasteiger partial charge >= 0.3 is 151 Å². The fourth-order valence-corrected chi connectivity index (χ4v) is 7.79. The molecule has 2 aliphatic rings. The molecule has 4 aromatic rings. The standard InChI is InChI=1S/C23H29.C21H26.C5H5.2ClH.Zr/c1-14-9-16-11-17-10-15(2)21(23(6,7)8)13-19(17)18(16)12-20(14)22(3,4)5;1-3-5-7-18-9-13-20(14-10-18)17-21-15-11-19(12-16-21)8-6-4-2;1-2-4-5-3-1;;;/h9,12-13H,11H2,1-8H3;9-16H,3-8H2,1-2H3;1-3H,4H2;2*1H;/q-1;;-1;;;+2. The largest absolute Gasteiger partial charge is 0.273 e. The first-order valence-corrected chi connectivity index (χ1v) is 20.1. The molecule has 2 aliphatic carbocycles. The van der Waals surface area contributed by atoms with Gasteiger partial charge in [-0.1, -0.05) is 71.6 Å². The van der Waals surface area contributed by atoms with Crippen LogP contribution in [0.1, 0.15) is 143 Å². The second-order valence-corrected chi connectivity index (χ2v) is 17.4. The maximum Gasteiger partial charge on any atom is -0.0129 e. The average Bonchev–Trinajstić information content (AvgIpc) is 3.77. The fourth-order valence-electron chi connectivity index (χ4n) is 6.97. The second-order valence-electron chi connectivity index (χ2n) is 16.2. The fraction of sp³-hybridized carbons (Fsp3) is 0.408. The zero-order chi connectivity index (χ0) is 36.5. The summed E-state index contributed by atoms with van der Waals surface area (Å²) in [5.41, 5.74) is 17.3. The van der Waals surface area contributed by atoms with Crippen LogP contribution in [0, 0.1) is 26.0 Å². The Bertz CT molecular complexity index is 1660. The monoisotopic (exact) mass is 810 g/mol. The molecule has 0 amide bonds. The Labute approximate surface area is 345 Å². The van der Waals surface area contributed by atoms with Gasteiger partial charge in [-0.25, -0.2) is 12.2 Å². The molecule has 0 atom stereocenters. The molecule has 0 unspecified atom stereocenters. The van der Waals surface area contributed by atoms with Crippen molar-refractivity contribution in [3.05, 3.63) is 153 Å². The third kappa shape index (κ3) is 12.6. The Hall–Kier alpha value is -2.31. The Morgan fingerprint density at radius 3 is 1.60 bits per heavy atom. The number of rotatable bonds is 8. The molecular weight excluding hydrogens is 751 g/mol. The maximum atomic E-state index is 3.69. The van der Waals surface area contributed by atoms with Crippen LogP contribution in [-0.2, 0) is 54.3 Å². The summed E-state index contributed by atoms with van der Waals surface area (Å²) < 4.78 is 1.45. The van der Waals surface area contributed by atoms with Gasteiger partial charge in [0.05, 0.1) is 0 Å². The van der Waals surface area contributed by atoms with Crippen molar-refractivity contribution in [1.29, 1.82) is 0 Å². The minimum atomic E-state index is 0. The molecule has 0 nitrogen and oxygen atoms in total. The van der Waals surface area contributed by atoms with Gasteiger partial charge in [-0.3, -0.25) is 6.08 Å². The first-order chi connectivity index (χ1) is 23.7. The summed E-state index contributed by atoms with van der Waals surface area (Å²) >= 11 is 1.48. The molecule has 0 aromatic heterocycles. The van der Waals surface area contributed by atoms with E-state index in [2.05, 4.69) is 154 Å². The Morgan fingerprint density at radius 1 is 0.692 bits per heavy atom. The summed E-state index contributed by atoms with van der Waals surface area (Å²) in [6.07, 6.45) is 18.5. The summed E-state index contributed by atoms with van der Waals surface area (Å²) in [4.78, 5) is 0. The van der Waals surface area contributed by atoms with E-state index >= 15 is 0 Å². The molecule has 52 heavy (non-hydrogen) atoms. The van der Waals surface area contributed by atoms with E-state index in [-0.39, 0.29) is 35.6 Å². The number of aryl methyl sites for hydroxylation is 4. The molecule has 3 heteroatoms. The number of halogens is 2. The second kappa shape index (κ2) is 21.0. The third-order valence-corrected chi connectivity index (χ3v) is 11.2. The molecule has 0 bridgehead atoms. The molecule has 276 valence electrons. The maximum absolute atomic E-state index is 3.69. The first kappa shape index (κ1) is 45.8. The minimum absolute atomic E-state index is 0. The SMILES string of the molecule is CCCCc1ccc([C](=[Zr+2])c2ccc(CCCC)cc2)cc1.Cc1[c-]c2c(cc1C(C)(C)C)-c1cc(C(C)(C)C)c(C)cc1C2.Cl.Cl.[C-]1=CC=CC1. The van der Waals surface area contributed by atoms with Gasteiger partial charge in [0.2, 0.25) is 0 Å². The van der Waals surface area contributed by atoms with Gasteiger partial charge in [0.15, 0.2) is 0 Å². The van der Waals surface area contributed by atoms with Crippen molar-refractivity contribution >= 4 is 28.0 Å². The quantitative estimate of drug-likeness (QED) is 0.137. The Kier molecular flexibility index (Phi) is 18.5. The van der Waals surface area contributed by atoms with Crippen LogP contribution in [0.5, 0.6) is 0 Å².